The van der Waals surface area contributed by atoms with Gasteiger partial charge in [0.25, 0.3) is 0 Å². The van der Waals surface area contributed by atoms with Crippen LogP contribution in [0.2, 0.25) is 0 Å². The van der Waals surface area contributed by atoms with Gasteiger partial charge in [0.1, 0.15) is 0 Å². The quantitative estimate of drug-likeness (QED) is 0.567. The van der Waals surface area contributed by atoms with Crippen LogP contribution in [0.4, 0.5) is 0 Å². The summed E-state index contributed by atoms with van der Waals surface area (Å²) in [4.78, 5) is 0. The minimum Gasteiger partial charge on any atom is -0.385 e. The summed E-state index contributed by atoms with van der Waals surface area (Å²) in [7, 11) is 0. The summed E-state index contributed by atoms with van der Waals surface area (Å²) in [6, 6.07) is 0. The van der Waals surface area contributed by atoms with Crippen molar-refractivity contribution in [3.05, 3.63) is 36.5 Å². The fourth-order valence-corrected chi connectivity index (χ4v) is 1.04. The molecule has 1 rings (SSSR count). The maximum atomic E-state index is 9.22. The van der Waals surface area contributed by atoms with Crippen molar-refractivity contribution >= 4 is 0 Å². The smallest absolute Gasteiger partial charge is 0.0905 e. The molecule has 0 fully saturated rings. The van der Waals surface area contributed by atoms with Crippen molar-refractivity contribution in [3.63, 3.8) is 0 Å². The second-order valence-electron chi connectivity index (χ2n) is 2.72. The molecule has 1 aliphatic rings. The molecule has 0 aromatic heterocycles. The zero-order chi connectivity index (χ0) is 8.10. The molecule has 0 saturated carbocycles. The van der Waals surface area contributed by atoms with Crippen LogP contribution in [0.25, 0.3) is 0 Å². The molecule has 0 radical (unpaired) electrons. The Kier molecular flexibility index (Phi) is 3.12. The van der Waals surface area contributed by atoms with Gasteiger partial charge in [-0.1, -0.05) is 43.4 Å². The Bertz CT molecular complexity index is 189. The lowest BCUT2D eigenvalue weighted by atomic mass is 10.0. The molecule has 1 heteroatoms. The molecule has 0 spiro atoms. The SMILES string of the molecule is CC[C@H]1C=CC=C[C@H](O)C=C1. The molecule has 0 amide bonds. The third kappa shape index (κ3) is 2.72. The van der Waals surface area contributed by atoms with Crippen LogP contribution >= 0.6 is 0 Å². The van der Waals surface area contributed by atoms with Crippen molar-refractivity contribution in [2.45, 2.75) is 19.4 Å². The third-order valence-electron chi connectivity index (χ3n) is 1.80. The molecule has 1 aliphatic carbocycles. The fourth-order valence-electron chi connectivity index (χ4n) is 1.04. The first-order valence-corrected chi connectivity index (χ1v) is 4.04. The molecule has 0 bridgehead atoms. The molecule has 1 nitrogen and oxygen atoms in total. The Hall–Kier alpha value is -0.820. The van der Waals surface area contributed by atoms with Gasteiger partial charge in [0.05, 0.1) is 6.10 Å². The van der Waals surface area contributed by atoms with Crippen LogP contribution < -0.4 is 0 Å². The second-order valence-corrected chi connectivity index (χ2v) is 2.72. The number of allylic oxidation sites excluding steroid dienone is 4. The topological polar surface area (TPSA) is 20.2 Å². The Labute approximate surface area is 67.7 Å². The summed E-state index contributed by atoms with van der Waals surface area (Å²) < 4.78 is 0. The Morgan fingerprint density at radius 2 is 1.82 bits per heavy atom. The summed E-state index contributed by atoms with van der Waals surface area (Å²) in [5.74, 6) is 0.481. The van der Waals surface area contributed by atoms with Gasteiger partial charge in [-0.3, -0.25) is 0 Å². The van der Waals surface area contributed by atoms with Gasteiger partial charge in [-0.25, -0.2) is 0 Å². The maximum absolute atomic E-state index is 9.22. The first kappa shape index (κ1) is 8.28. The number of aliphatic hydroxyl groups excluding tert-OH is 1. The first-order chi connectivity index (χ1) is 5.33. The summed E-state index contributed by atoms with van der Waals surface area (Å²) in [5, 5.41) is 9.22. The monoisotopic (exact) mass is 150 g/mol. The van der Waals surface area contributed by atoms with Crippen LogP contribution in [0.5, 0.6) is 0 Å². The highest BCUT2D eigenvalue weighted by Crippen LogP contribution is 2.09. The van der Waals surface area contributed by atoms with Crippen LogP contribution in [0, 0.1) is 5.92 Å². The average molecular weight is 150 g/mol. The molecule has 0 unspecified atom stereocenters. The van der Waals surface area contributed by atoms with Gasteiger partial charge in [0.2, 0.25) is 0 Å². The van der Waals surface area contributed by atoms with Gasteiger partial charge in [-0.2, -0.15) is 0 Å². The molecular formula is C10H14O. The molecule has 0 saturated heterocycles. The summed E-state index contributed by atoms with van der Waals surface area (Å²) in [6.07, 6.45) is 12.3. The lowest BCUT2D eigenvalue weighted by molar-refractivity contribution is 0.271. The molecule has 1 N–H and O–H groups in total. The highest BCUT2D eigenvalue weighted by molar-refractivity contribution is 5.16. The van der Waals surface area contributed by atoms with E-state index in [4.69, 9.17) is 0 Å². The van der Waals surface area contributed by atoms with E-state index in [1.54, 1.807) is 6.08 Å². The van der Waals surface area contributed by atoms with Crippen molar-refractivity contribution < 1.29 is 5.11 Å². The van der Waals surface area contributed by atoms with Crippen molar-refractivity contribution in [2.75, 3.05) is 0 Å². The fraction of sp³-hybridized carbons (Fsp3) is 0.400. The van der Waals surface area contributed by atoms with Crippen molar-refractivity contribution in [1.82, 2.24) is 0 Å². The van der Waals surface area contributed by atoms with E-state index in [1.165, 1.54) is 0 Å². The average Bonchev–Trinajstić information content (AvgIpc) is 1.98. The van der Waals surface area contributed by atoms with E-state index < -0.39 is 6.10 Å². The molecule has 0 aliphatic heterocycles. The van der Waals surface area contributed by atoms with E-state index >= 15 is 0 Å². The largest absolute Gasteiger partial charge is 0.385 e. The summed E-state index contributed by atoms with van der Waals surface area (Å²) >= 11 is 0. The third-order valence-corrected chi connectivity index (χ3v) is 1.80. The van der Waals surface area contributed by atoms with E-state index in [0.717, 1.165) is 6.42 Å². The molecule has 11 heavy (non-hydrogen) atoms. The lowest BCUT2D eigenvalue weighted by Gasteiger charge is -2.05. The molecule has 2 atom stereocenters. The molecule has 0 aromatic rings. The van der Waals surface area contributed by atoms with Crippen LogP contribution in [0.1, 0.15) is 13.3 Å². The molecule has 0 heterocycles. The van der Waals surface area contributed by atoms with Gasteiger partial charge in [0.15, 0.2) is 0 Å². The Morgan fingerprint density at radius 1 is 1.09 bits per heavy atom. The number of aliphatic hydroxyl groups is 1. The van der Waals surface area contributed by atoms with E-state index in [1.807, 2.05) is 24.3 Å². The van der Waals surface area contributed by atoms with Gasteiger partial charge in [-0.15, -0.1) is 0 Å². The van der Waals surface area contributed by atoms with E-state index in [2.05, 4.69) is 13.0 Å². The second kappa shape index (κ2) is 4.14. The number of rotatable bonds is 1. The standard InChI is InChI=1S/C10H14O/c1-2-9-5-3-4-6-10(11)8-7-9/h3-11H,2H2,1H3/t9-,10-/m0/s1. The summed E-state index contributed by atoms with van der Waals surface area (Å²) in [5.41, 5.74) is 0. The number of hydrogen-bond acceptors (Lipinski definition) is 1. The first-order valence-electron chi connectivity index (χ1n) is 4.04. The zero-order valence-electron chi connectivity index (χ0n) is 6.77. The number of hydrogen-bond donors (Lipinski definition) is 1. The van der Waals surface area contributed by atoms with Crippen molar-refractivity contribution in [3.8, 4) is 0 Å². The van der Waals surface area contributed by atoms with Gasteiger partial charge in [0, 0.05) is 0 Å². The van der Waals surface area contributed by atoms with Crippen LogP contribution in [0.15, 0.2) is 36.5 Å². The van der Waals surface area contributed by atoms with Crippen molar-refractivity contribution in [1.29, 1.82) is 0 Å². The van der Waals surface area contributed by atoms with E-state index in [0.29, 0.717) is 5.92 Å². The summed E-state index contributed by atoms with van der Waals surface area (Å²) in [6.45, 7) is 2.14. The van der Waals surface area contributed by atoms with Crippen molar-refractivity contribution in [2.24, 2.45) is 5.92 Å². The highest BCUT2D eigenvalue weighted by atomic mass is 16.3. The zero-order valence-corrected chi connectivity index (χ0v) is 6.77. The minimum atomic E-state index is -0.408. The minimum absolute atomic E-state index is 0.408. The van der Waals surface area contributed by atoms with E-state index in [-0.39, 0.29) is 0 Å². The van der Waals surface area contributed by atoms with Gasteiger partial charge >= 0.3 is 0 Å². The lowest BCUT2D eigenvalue weighted by Crippen LogP contribution is -1.99. The van der Waals surface area contributed by atoms with Crippen LogP contribution in [-0.4, -0.2) is 11.2 Å². The molecule has 0 aromatic carbocycles. The van der Waals surface area contributed by atoms with Gasteiger partial charge < -0.3 is 5.11 Å². The van der Waals surface area contributed by atoms with Gasteiger partial charge in [-0.05, 0) is 12.3 Å². The Balaban J connectivity index is 2.67. The maximum Gasteiger partial charge on any atom is 0.0905 e. The predicted molar refractivity (Wildman–Crippen MR) is 47.2 cm³/mol. The van der Waals surface area contributed by atoms with Crippen LogP contribution in [-0.2, 0) is 0 Å². The predicted octanol–water partition coefficient (Wildman–Crippen LogP) is 2.06. The molecule has 60 valence electrons. The van der Waals surface area contributed by atoms with Crippen LogP contribution in [0.3, 0.4) is 0 Å². The normalized spacial score (nSPS) is 30.0. The Morgan fingerprint density at radius 3 is 2.55 bits per heavy atom. The highest BCUT2D eigenvalue weighted by Gasteiger charge is 1.98. The van der Waals surface area contributed by atoms with E-state index in [9.17, 15) is 5.11 Å². The molecular weight excluding hydrogens is 136 g/mol.